The molecule has 0 saturated heterocycles. The van der Waals surface area contributed by atoms with E-state index < -0.39 is 0 Å². The average molecular weight is 280 g/mol. The van der Waals surface area contributed by atoms with E-state index in [9.17, 15) is 9.59 Å². The number of esters is 2. The molecular formula is C16H24O4. The van der Waals surface area contributed by atoms with Gasteiger partial charge in [-0.25, -0.2) is 0 Å². The molecule has 1 fully saturated rings. The van der Waals surface area contributed by atoms with E-state index in [1.165, 1.54) is 0 Å². The Hall–Kier alpha value is -1.32. The Morgan fingerprint density at radius 1 is 0.750 bits per heavy atom. The topological polar surface area (TPSA) is 52.6 Å². The van der Waals surface area contributed by atoms with Crippen LogP contribution in [0, 0.1) is 0 Å². The van der Waals surface area contributed by atoms with Crippen molar-refractivity contribution in [1.29, 1.82) is 0 Å². The lowest BCUT2D eigenvalue weighted by Crippen LogP contribution is -2.37. The zero-order chi connectivity index (χ0) is 14.2. The molecule has 20 heavy (non-hydrogen) atoms. The maximum atomic E-state index is 11.8. The lowest BCUT2D eigenvalue weighted by molar-refractivity contribution is -0.171. The zero-order valence-corrected chi connectivity index (χ0v) is 12.0. The molecule has 2 rings (SSSR count). The van der Waals surface area contributed by atoms with Crippen molar-refractivity contribution in [1.82, 2.24) is 0 Å². The van der Waals surface area contributed by atoms with Gasteiger partial charge in [0.1, 0.15) is 12.2 Å². The molecule has 4 heteroatoms. The normalized spacial score (nSPS) is 31.4. The molecule has 2 aliphatic rings. The number of hydrogen-bond acceptors (Lipinski definition) is 4. The fraction of sp³-hybridized carbons (Fsp3) is 0.750. The van der Waals surface area contributed by atoms with Crippen LogP contribution in [0.2, 0.25) is 0 Å². The maximum Gasteiger partial charge on any atom is 0.306 e. The highest BCUT2D eigenvalue weighted by atomic mass is 16.6. The molecule has 1 saturated carbocycles. The molecule has 112 valence electrons. The van der Waals surface area contributed by atoms with E-state index in [2.05, 4.69) is 12.2 Å². The first-order valence-corrected chi connectivity index (χ1v) is 7.79. The summed E-state index contributed by atoms with van der Waals surface area (Å²) in [6.07, 6.45) is 11.7. The lowest BCUT2D eigenvalue weighted by Gasteiger charge is -2.30. The van der Waals surface area contributed by atoms with Crippen LogP contribution in [0.1, 0.15) is 64.2 Å². The van der Waals surface area contributed by atoms with Crippen LogP contribution in [-0.2, 0) is 19.1 Å². The van der Waals surface area contributed by atoms with Gasteiger partial charge in [0.2, 0.25) is 0 Å². The van der Waals surface area contributed by atoms with E-state index in [1.54, 1.807) is 0 Å². The molecular weight excluding hydrogens is 256 g/mol. The highest BCUT2D eigenvalue weighted by Crippen LogP contribution is 2.25. The number of rotatable bonds is 0. The van der Waals surface area contributed by atoms with Gasteiger partial charge in [0.15, 0.2) is 0 Å². The van der Waals surface area contributed by atoms with Crippen molar-refractivity contribution in [2.24, 2.45) is 0 Å². The third kappa shape index (κ3) is 4.99. The summed E-state index contributed by atoms with van der Waals surface area (Å²) in [6.45, 7) is 0. The van der Waals surface area contributed by atoms with E-state index in [4.69, 9.17) is 9.47 Å². The van der Waals surface area contributed by atoms with Gasteiger partial charge in [0.05, 0.1) is 0 Å². The molecule has 1 aliphatic carbocycles. The summed E-state index contributed by atoms with van der Waals surface area (Å²) in [5, 5.41) is 0. The average Bonchev–Trinajstić information content (AvgIpc) is 2.43. The van der Waals surface area contributed by atoms with Crippen molar-refractivity contribution in [3.05, 3.63) is 12.2 Å². The van der Waals surface area contributed by atoms with E-state index in [0.717, 1.165) is 51.4 Å². The van der Waals surface area contributed by atoms with Gasteiger partial charge in [0, 0.05) is 12.8 Å². The number of hydrogen-bond donors (Lipinski definition) is 0. The third-order valence-corrected chi connectivity index (χ3v) is 3.88. The smallest absolute Gasteiger partial charge is 0.306 e. The summed E-state index contributed by atoms with van der Waals surface area (Å²) in [7, 11) is 0. The number of carbonyl (C=O) groups excluding carboxylic acids is 2. The van der Waals surface area contributed by atoms with Crippen LogP contribution in [0.4, 0.5) is 0 Å². The fourth-order valence-electron chi connectivity index (χ4n) is 2.75. The van der Waals surface area contributed by atoms with Crippen molar-refractivity contribution in [3.8, 4) is 0 Å². The standard InChI is InChI=1S/C16H24O4/c17-15-11-5-3-1-2-4-6-12-16(18)20-14-10-8-7-9-13(14)19-15/h1-2,13-14H,3-12H2/b2-1-/t13-,14+. The fourth-order valence-corrected chi connectivity index (χ4v) is 2.75. The van der Waals surface area contributed by atoms with E-state index in [1.807, 2.05) is 0 Å². The predicted octanol–water partition coefficient (Wildman–Crippen LogP) is 3.29. The Labute approximate surface area is 120 Å². The molecule has 0 N–H and O–H groups in total. The first-order valence-electron chi connectivity index (χ1n) is 7.79. The first-order chi connectivity index (χ1) is 9.75. The summed E-state index contributed by atoms with van der Waals surface area (Å²) in [4.78, 5) is 23.6. The summed E-state index contributed by atoms with van der Waals surface area (Å²) in [5.41, 5.74) is 0. The molecule has 1 aliphatic heterocycles. The van der Waals surface area contributed by atoms with Crippen LogP contribution >= 0.6 is 0 Å². The summed E-state index contributed by atoms with van der Waals surface area (Å²) in [6, 6.07) is 0. The van der Waals surface area contributed by atoms with E-state index in [0.29, 0.717) is 12.8 Å². The molecule has 1 heterocycles. The Balaban J connectivity index is 1.97. The Bertz CT molecular complexity index is 327. The van der Waals surface area contributed by atoms with Crippen molar-refractivity contribution >= 4 is 11.9 Å². The lowest BCUT2D eigenvalue weighted by atomic mass is 9.94. The Morgan fingerprint density at radius 2 is 1.20 bits per heavy atom. The number of fused-ring (bicyclic) bond motifs is 1. The molecule has 0 amide bonds. The highest BCUT2D eigenvalue weighted by Gasteiger charge is 2.31. The number of ether oxygens (including phenoxy) is 2. The van der Waals surface area contributed by atoms with Crippen molar-refractivity contribution in [2.45, 2.75) is 76.4 Å². The minimum Gasteiger partial charge on any atom is -0.458 e. The summed E-state index contributed by atoms with van der Waals surface area (Å²) < 4.78 is 11.0. The summed E-state index contributed by atoms with van der Waals surface area (Å²) >= 11 is 0. The van der Waals surface area contributed by atoms with Crippen LogP contribution in [-0.4, -0.2) is 24.1 Å². The van der Waals surface area contributed by atoms with E-state index >= 15 is 0 Å². The van der Waals surface area contributed by atoms with Crippen LogP contribution < -0.4 is 0 Å². The van der Waals surface area contributed by atoms with E-state index in [-0.39, 0.29) is 24.1 Å². The molecule has 0 aromatic carbocycles. The van der Waals surface area contributed by atoms with Gasteiger partial charge in [-0.1, -0.05) is 12.2 Å². The second kappa shape index (κ2) is 8.08. The third-order valence-electron chi connectivity index (χ3n) is 3.88. The highest BCUT2D eigenvalue weighted by molar-refractivity contribution is 5.70. The van der Waals surface area contributed by atoms with Gasteiger partial charge in [-0.05, 0) is 51.4 Å². The molecule has 0 aromatic rings. The van der Waals surface area contributed by atoms with Gasteiger partial charge in [0.25, 0.3) is 0 Å². The molecule has 4 nitrogen and oxygen atoms in total. The van der Waals surface area contributed by atoms with Gasteiger partial charge in [-0.3, -0.25) is 9.59 Å². The molecule has 2 atom stereocenters. The predicted molar refractivity (Wildman–Crippen MR) is 75.1 cm³/mol. The Kier molecular flexibility index (Phi) is 6.09. The van der Waals surface area contributed by atoms with Crippen molar-refractivity contribution in [3.63, 3.8) is 0 Å². The second-order valence-corrected chi connectivity index (χ2v) is 5.60. The number of carbonyl (C=O) groups is 2. The molecule has 0 radical (unpaired) electrons. The van der Waals surface area contributed by atoms with Gasteiger partial charge in [-0.15, -0.1) is 0 Å². The number of allylic oxidation sites excluding steroid dienone is 2. The first kappa shape index (κ1) is 15.1. The largest absolute Gasteiger partial charge is 0.458 e. The van der Waals surface area contributed by atoms with Gasteiger partial charge >= 0.3 is 11.9 Å². The van der Waals surface area contributed by atoms with Crippen molar-refractivity contribution < 1.29 is 19.1 Å². The molecule has 0 spiro atoms. The monoisotopic (exact) mass is 280 g/mol. The Morgan fingerprint density at radius 3 is 1.65 bits per heavy atom. The second-order valence-electron chi connectivity index (χ2n) is 5.60. The quantitative estimate of drug-likeness (QED) is 0.504. The van der Waals surface area contributed by atoms with Gasteiger partial charge < -0.3 is 9.47 Å². The van der Waals surface area contributed by atoms with Crippen LogP contribution in [0.5, 0.6) is 0 Å². The minimum absolute atomic E-state index is 0.164. The molecule has 0 aromatic heterocycles. The zero-order valence-electron chi connectivity index (χ0n) is 12.0. The van der Waals surface area contributed by atoms with Crippen molar-refractivity contribution in [2.75, 3.05) is 0 Å². The molecule has 0 bridgehead atoms. The minimum atomic E-state index is -0.237. The molecule has 0 unspecified atom stereocenters. The van der Waals surface area contributed by atoms with Crippen LogP contribution in [0.15, 0.2) is 12.2 Å². The van der Waals surface area contributed by atoms with Gasteiger partial charge in [-0.2, -0.15) is 0 Å². The maximum absolute atomic E-state index is 11.8. The summed E-state index contributed by atoms with van der Waals surface area (Å²) in [5.74, 6) is -0.327. The van der Waals surface area contributed by atoms with Crippen LogP contribution in [0.25, 0.3) is 0 Å². The SMILES string of the molecule is O=C1CCC/C=C\CCCC(=O)O[C@@H]2CCCC[C@@H]2O1. The van der Waals surface area contributed by atoms with Crippen LogP contribution in [0.3, 0.4) is 0 Å².